The number of nitrogens with zero attached hydrogens (tertiary/aromatic N) is 2. The summed E-state index contributed by atoms with van der Waals surface area (Å²) in [6.45, 7) is 4.96. The lowest BCUT2D eigenvalue weighted by Crippen LogP contribution is -2.37. The van der Waals surface area contributed by atoms with Crippen molar-refractivity contribution in [3.8, 4) is 5.88 Å². The van der Waals surface area contributed by atoms with E-state index in [9.17, 15) is 4.79 Å². The van der Waals surface area contributed by atoms with Crippen LogP contribution >= 0.6 is 0 Å². The van der Waals surface area contributed by atoms with E-state index in [2.05, 4.69) is 4.98 Å². The first-order valence-corrected chi connectivity index (χ1v) is 8.13. The summed E-state index contributed by atoms with van der Waals surface area (Å²) in [5, 5.41) is 0. The summed E-state index contributed by atoms with van der Waals surface area (Å²) in [7, 11) is 0. The van der Waals surface area contributed by atoms with Gasteiger partial charge in [-0.05, 0) is 31.7 Å². The number of likely N-dealkylation sites (tertiary alicyclic amines) is 1. The monoisotopic (exact) mass is 304 g/mol. The molecule has 1 aromatic heterocycles. The predicted octanol–water partition coefficient (Wildman–Crippen LogP) is 2.13. The van der Waals surface area contributed by atoms with Crippen LogP contribution in [0.15, 0.2) is 24.4 Å². The summed E-state index contributed by atoms with van der Waals surface area (Å²) in [5.74, 6) is 1.32. The lowest BCUT2D eigenvalue weighted by atomic mass is 9.82. The molecule has 1 aliphatic heterocycles. The van der Waals surface area contributed by atoms with Crippen LogP contribution in [0.2, 0.25) is 0 Å². The number of hydrogen-bond donors (Lipinski definition) is 0. The maximum absolute atomic E-state index is 12.2. The van der Waals surface area contributed by atoms with Crippen LogP contribution in [0.1, 0.15) is 26.2 Å². The lowest BCUT2D eigenvalue weighted by molar-refractivity contribution is -0.135. The third-order valence-corrected chi connectivity index (χ3v) is 4.97. The fourth-order valence-corrected chi connectivity index (χ4v) is 3.77. The number of fused-ring (bicyclic) bond motifs is 1. The van der Waals surface area contributed by atoms with Gasteiger partial charge in [-0.2, -0.15) is 0 Å². The van der Waals surface area contributed by atoms with E-state index < -0.39 is 0 Å². The van der Waals surface area contributed by atoms with Crippen molar-refractivity contribution in [1.82, 2.24) is 9.88 Å². The number of amides is 1. The Morgan fingerprint density at radius 2 is 2.41 bits per heavy atom. The molecule has 120 valence electrons. The Morgan fingerprint density at radius 3 is 3.18 bits per heavy atom. The molecule has 5 heteroatoms. The quantitative estimate of drug-likeness (QED) is 0.808. The molecule has 2 aliphatic rings. The summed E-state index contributed by atoms with van der Waals surface area (Å²) in [4.78, 5) is 18.4. The first-order valence-electron chi connectivity index (χ1n) is 8.13. The Hall–Kier alpha value is -1.62. The van der Waals surface area contributed by atoms with Crippen molar-refractivity contribution in [3.05, 3.63) is 24.4 Å². The van der Waals surface area contributed by atoms with Gasteiger partial charge in [0.1, 0.15) is 6.61 Å². The summed E-state index contributed by atoms with van der Waals surface area (Å²) < 4.78 is 11.2. The normalized spacial score (nSPS) is 27.0. The number of pyridine rings is 1. The summed E-state index contributed by atoms with van der Waals surface area (Å²) >= 11 is 0. The Morgan fingerprint density at radius 1 is 1.50 bits per heavy atom. The molecule has 1 saturated heterocycles. The molecule has 5 nitrogen and oxygen atoms in total. The first-order chi connectivity index (χ1) is 10.7. The van der Waals surface area contributed by atoms with Crippen LogP contribution in [0.4, 0.5) is 0 Å². The van der Waals surface area contributed by atoms with E-state index in [4.69, 9.17) is 9.47 Å². The van der Waals surface area contributed by atoms with Crippen molar-refractivity contribution in [2.45, 2.75) is 26.2 Å². The first kappa shape index (κ1) is 15.3. The molecule has 0 radical (unpaired) electrons. The smallest absolute Gasteiger partial charge is 0.248 e. The van der Waals surface area contributed by atoms with Gasteiger partial charge in [0.25, 0.3) is 0 Å². The Bertz CT molecular complexity index is 508. The zero-order valence-electron chi connectivity index (χ0n) is 13.2. The zero-order chi connectivity index (χ0) is 15.4. The zero-order valence-corrected chi connectivity index (χ0v) is 13.2. The molecule has 2 fully saturated rings. The van der Waals surface area contributed by atoms with Crippen LogP contribution < -0.4 is 4.74 Å². The SMILES string of the molecule is CCOCC(=O)N1C[C@H]2CCC[C@@]2(COc2ccccn2)C1. The molecule has 1 amide bonds. The van der Waals surface area contributed by atoms with Gasteiger partial charge in [-0.15, -0.1) is 0 Å². The molecule has 0 unspecified atom stereocenters. The maximum Gasteiger partial charge on any atom is 0.248 e. The van der Waals surface area contributed by atoms with E-state index in [1.54, 1.807) is 6.20 Å². The number of carbonyl (C=O) groups excluding carboxylic acids is 1. The van der Waals surface area contributed by atoms with Gasteiger partial charge in [0.15, 0.2) is 0 Å². The third-order valence-electron chi connectivity index (χ3n) is 4.97. The highest BCUT2D eigenvalue weighted by atomic mass is 16.5. The van der Waals surface area contributed by atoms with Crippen molar-refractivity contribution < 1.29 is 14.3 Å². The molecule has 1 saturated carbocycles. The molecule has 0 bridgehead atoms. The van der Waals surface area contributed by atoms with Gasteiger partial charge >= 0.3 is 0 Å². The molecule has 2 heterocycles. The van der Waals surface area contributed by atoms with Crippen LogP contribution in [0, 0.1) is 11.3 Å². The van der Waals surface area contributed by atoms with E-state index >= 15 is 0 Å². The molecular weight excluding hydrogens is 280 g/mol. The van der Waals surface area contributed by atoms with Gasteiger partial charge in [0.05, 0.1) is 6.61 Å². The minimum absolute atomic E-state index is 0.0966. The Kier molecular flexibility index (Phi) is 4.62. The van der Waals surface area contributed by atoms with Crippen molar-refractivity contribution in [2.75, 3.05) is 32.9 Å². The average molecular weight is 304 g/mol. The number of carbonyl (C=O) groups is 1. The molecule has 0 spiro atoms. The summed E-state index contributed by atoms with van der Waals surface area (Å²) in [5.41, 5.74) is 0.0966. The average Bonchev–Trinajstić information content (AvgIpc) is 3.09. The van der Waals surface area contributed by atoms with Crippen LogP contribution in [-0.2, 0) is 9.53 Å². The molecule has 0 N–H and O–H groups in total. The van der Waals surface area contributed by atoms with Gasteiger partial charge in [0, 0.05) is 37.4 Å². The van der Waals surface area contributed by atoms with Gasteiger partial charge in [-0.3, -0.25) is 4.79 Å². The number of aromatic nitrogens is 1. The molecule has 1 aliphatic carbocycles. The third kappa shape index (κ3) is 3.09. The van der Waals surface area contributed by atoms with Gasteiger partial charge in [-0.1, -0.05) is 12.5 Å². The molecule has 3 rings (SSSR count). The number of rotatable bonds is 6. The Labute approximate surface area is 131 Å². The van der Waals surface area contributed by atoms with Crippen LogP contribution in [0.3, 0.4) is 0 Å². The fourth-order valence-electron chi connectivity index (χ4n) is 3.77. The minimum Gasteiger partial charge on any atom is -0.477 e. The number of ether oxygens (including phenoxy) is 2. The van der Waals surface area contributed by atoms with Crippen LogP contribution in [0.5, 0.6) is 5.88 Å². The van der Waals surface area contributed by atoms with E-state index in [1.807, 2.05) is 30.0 Å². The second kappa shape index (κ2) is 6.65. The van der Waals surface area contributed by atoms with Crippen molar-refractivity contribution >= 4 is 5.91 Å². The number of hydrogen-bond acceptors (Lipinski definition) is 4. The lowest BCUT2D eigenvalue weighted by Gasteiger charge is -2.28. The molecule has 1 aromatic rings. The summed E-state index contributed by atoms with van der Waals surface area (Å²) in [6.07, 6.45) is 5.28. The van der Waals surface area contributed by atoms with Gasteiger partial charge in [-0.25, -0.2) is 4.98 Å². The van der Waals surface area contributed by atoms with Crippen LogP contribution in [-0.4, -0.2) is 48.7 Å². The van der Waals surface area contributed by atoms with Crippen molar-refractivity contribution in [3.63, 3.8) is 0 Å². The van der Waals surface area contributed by atoms with Crippen LogP contribution in [0.25, 0.3) is 0 Å². The van der Waals surface area contributed by atoms with Gasteiger partial charge in [0.2, 0.25) is 11.8 Å². The standard InChI is InChI=1S/C17H24N2O3/c1-2-21-11-16(20)19-10-14-6-5-8-17(14,12-19)13-22-15-7-3-4-9-18-15/h3-4,7,9,14H,2,5-6,8,10-13H2,1H3/t14-,17+/m1/s1. The highest BCUT2D eigenvalue weighted by molar-refractivity contribution is 5.78. The Balaban J connectivity index is 1.62. The minimum atomic E-state index is 0.0966. The van der Waals surface area contributed by atoms with E-state index in [-0.39, 0.29) is 17.9 Å². The highest BCUT2D eigenvalue weighted by Gasteiger charge is 2.51. The fraction of sp³-hybridized carbons (Fsp3) is 0.647. The van der Waals surface area contributed by atoms with Crippen molar-refractivity contribution in [1.29, 1.82) is 0 Å². The molecule has 22 heavy (non-hydrogen) atoms. The van der Waals surface area contributed by atoms with E-state index in [0.717, 1.165) is 19.5 Å². The highest BCUT2D eigenvalue weighted by Crippen LogP contribution is 2.48. The summed E-state index contributed by atoms with van der Waals surface area (Å²) in [6, 6.07) is 5.69. The second-order valence-corrected chi connectivity index (χ2v) is 6.32. The molecular formula is C17H24N2O3. The van der Waals surface area contributed by atoms with E-state index in [0.29, 0.717) is 25.0 Å². The predicted molar refractivity (Wildman–Crippen MR) is 82.6 cm³/mol. The van der Waals surface area contributed by atoms with E-state index in [1.165, 1.54) is 12.8 Å². The van der Waals surface area contributed by atoms with Crippen molar-refractivity contribution in [2.24, 2.45) is 11.3 Å². The largest absolute Gasteiger partial charge is 0.477 e. The maximum atomic E-state index is 12.2. The van der Waals surface area contributed by atoms with Gasteiger partial charge < -0.3 is 14.4 Å². The topological polar surface area (TPSA) is 51.7 Å². The second-order valence-electron chi connectivity index (χ2n) is 6.32. The molecule has 0 aromatic carbocycles. The molecule has 2 atom stereocenters.